The Bertz CT molecular complexity index is 1250. The molecule has 0 unspecified atom stereocenters. The minimum Gasteiger partial charge on any atom is -0.301 e. The lowest BCUT2D eigenvalue weighted by Gasteiger charge is -2.16. The average molecular weight is 492 g/mol. The molecule has 2 aromatic carbocycles. The Balaban J connectivity index is 1.61. The van der Waals surface area contributed by atoms with Gasteiger partial charge in [-0.05, 0) is 43.2 Å². The summed E-state index contributed by atoms with van der Waals surface area (Å²) in [7, 11) is -2.56. The monoisotopic (exact) mass is 491 g/mol. The molecule has 0 aliphatic carbocycles. The maximum Gasteiger partial charge on any atom is 0.243 e. The third kappa shape index (κ3) is 5.80. The van der Waals surface area contributed by atoms with Gasteiger partial charge in [0.1, 0.15) is 0 Å². The number of nitrogens with one attached hydrogen (secondary N) is 1. The summed E-state index contributed by atoms with van der Waals surface area (Å²) in [5, 5.41) is 3.72. The van der Waals surface area contributed by atoms with Gasteiger partial charge in [0, 0.05) is 35.1 Å². The Morgan fingerprint density at radius 3 is 2.47 bits per heavy atom. The van der Waals surface area contributed by atoms with Gasteiger partial charge in [0.2, 0.25) is 15.9 Å². The van der Waals surface area contributed by atoms with Crippen molar-refractivity contribution in [1.29, 1.82) is 0 Å². The number of halogens is 1. The van der Waals surface area contributed by atoms with E-state index in [2.05, 4.69) is 10.3 Å². The molecule has 168 valence electrons. The SMILES string of the molecule is CC(=O)c1ccc(S(=O)(=O)N(C)CC(=O)Nc2ncc(Cc3ccc(C)c(Cl)c3)s2)cc1. The Hall–Kier alpha value is -2.59. The molecule has 0 spiro atoms. The second-order valence-corrected chi connectivity index (χ2v) is 10.8. The van der Waals surface area contributed by atoms with Crippen molar-refractivity contribution >= 4 is 49.8 Å². The lowest BCUT2D eigenvalue weighted by molar-refractivity contribution is -0.116. The van der Waals surface area contributed by atoms with Gasteiger partial charge >= 0.3 is 0 Å². The molecular weight excluding hydrogens is 470 g/mol. The van der Waals surface area contributed by atoms with Crippen molar-refractivity contribution in [2.75, 3.05) is 18.9 Å². The number of benzene rings is 2. The van der Waals surface area contributed by atoms with Crippen LogP contribution in [0.2, 0.25) is 5.02 Å². The minimum atomic E-state index is -3.88. The van der Waals surface area contributed by atoms with E-state index < -0.39 is 15.9 Å². The quantitative estimate of drug-likeness (QED) is 0.477. The predicted octanol–water partition coefficient (Wildman–Crippen LogP) is 4.16. The van der Waals surface area contributed by atoms with E-state index in [1.54, 1.807) is 6.20 Å². The molecule has 1 N–H and O–H groups in total. The number of likely N-dealkylation sites (N-methyl/N-ethyl adjacent to an activating group) is 1. The van der Waals surface area contributed by atoms with Crippen molar-refractivity contribution in [3.63, 3.8) is 0 Å². The summed E-state index contributed by atoms with van der Waals surface area (Å²) >= 11 is 7.48. The van der Waals surface area contributed by atoms with Crippen molar-refractivity contribution in [3.8, 4) is 0 Å². The van der Waals surface area contributed by atoms with E-state index in [4.69, 9.17) is 11.6 Å². The molecular formula is C22H22ClN3O4S2. The van der Waals surface area contributed by atoms with Crippen molar-refractivity contribution in [2.45, 2.75) is 25.2 Å². The van der Waals surface area contributed by atoms with Crippen LogP contribution in [0.4, 0.5) is 5.13 Å². The number of amides is 1. The van der Waals surface area contributed by atoms with E-state index in [0.717, 1.165) is 20.3 Å². The first kappa shape index (κ1) is 24.1. The fraction of sp³-hybridized carbons (Fsp3) is 0.227. The van der Waals surface area contributed by atoms with Crippen LogP contribution in [-0.2, 0) is 21.2 Å². The van der Waals surface area contributed by atoms with E-state index in [1.165, 1.54) is 49.6 Å². The topological polar surface area (TPSA) is 96.4 Å². The Kier molecular flexibility index (Phi) is 7.45. The summed E-state index contributed by atoms with van der Waals surface area (Å²) in [6, 6.07) is 11.4. The van der Waals surface area contributed by atoms with Gasteiger partial charge in [-0.2, -0.15) is 4.31 Å². The molecule has 0 aliphatic rings. The molecule has 10 heteroatoms. The van der Waals surface area contributed by atoms with Gasteiger partial charge in [-0.15, -0.1) is 11.3 Å². The Morgan fingerprint density at radius 1 is 1.16 bits per heavy atom. The summed E-state index contributed by atoms with van der Waals surface area (Å²) in [5.74, 6) is -0.661. The zero-order valence-electron chi connectivity index (χ0n) is 17.8. The molecule has 0 aliphatic heterocycles. The maximum absolute atomic E-state index is 12.7. The second-order valence-electron chi connectivity index (χ2n) is 7.28. The first-order valence-electron chi connectivity index (χ1n) is 9.63. The number of aryl methyl sites for hydroxylation is 1. The molecule has 32 heavy (non-hydrogen) atoms. The van der Waals surface area contributed by atoms with Crippen LogP contribution in [0.1, 0.15) is 33.3 Å². The lowest BCUT2D eigenvalue weighted by atomic mass is 10.1. The molecule has 3 rings (SSSR count). The summed E-state index contributed by atoms with van der Waals surface area (Å²) in [5.41, 5.74) is 2.45. The van der Waals surface area contributed by atoms with Crippen LogP contribution in [0.3, 0.4) is 0 Å². The van der Waals surface area contributed by atoms with Crippen LogP contribution < -0.4 is 5.32 Å². The van der Waals surface area contributed by atoms with E-state index in [-0.39, 0.29) is 17.2 Å². The van der Waals surface area contributed by atoms with Gasteiger partial charge in [-0.1, -0.05) is 35.9 Å². The molecule has 0 saturated carbocycles. The Morgan fingerprint density at radius 2 is 1.84 bits per heavy atom. The smallest absolute Gasteiger partial charge is 0.243 e. The van der Waals surface area contributed by atoms with E-state index in [1.807, 2.05) is 25.1 Å². The largest absolute Gasteiger partial charge is 0.301 e. The number of aromatic nitrogens is 1. The number of rotatable bonds is 8. The van der Waals surface area contributed by atoms with Crippen LogP contribution in [0.5, 0.6) is 0 Å². The minimum absolute atomic E-state index is 0.00564. The number of thiazole rings is 1. The average Bonchev–Trinajstić information content (AvgIpc) is 3.17. The number of anilines is 1. The van der Waals surface area contributed by atoms with Gasteiger partial charge in [0.25, 0.3) is 0 Å². The first-order chi connectivity index (χ1) is 15.1. The Labute approximate surface area is 196 Å². The molecule has 0 radical (unpaired) electrons. The first-order valence-corrected chi connectivity index (χ1v) is 12.3. The number of hydrogen-bond donors (Lipinski definition) is 1. The molecule has 0 bridgehead atoms. The number of hydrogen-bond acceptors (Lipinski definition) is 6. The van der Waals surface area contributed by atoms with Crippen LogP contribution in [-0.4, -0.2) is 43.0 Å². The molecule has 0 atom stereocenters. The molecule has 7 nitrogen and oxygen atoms in total. The summed E-state index contributed by atoms with van der Waals surface area (Å²) in [6.07, 6.45) is 2.29. The maximum atomic E-state index is 12.7. The van der Waals surface area contributed by atoms with Gasteiger partial charge in [-0.25, -0.2) is 13.4 Å². The third-order valence-corrected chi connectivity index (χ3v) is 7.89. The zero-order valence-corrected chi connectivity index (χ0v) is 20.1. The number of sulfonamides is 1. The number of ketones is 1. The number of nitrogens with zero attached hydrogens (tertiary/aromatic N) is 2. The van der Waals surface area contributed by atoms with E-state index in [0.29, 0.717) is 22.1 Å². The predicted molar refractivity (Wildman–Crippen MR) is 126 cm³/mol. The lowest BCUT2D eigenvalue weighted by Crippen LogP contribution is -2.34. The van der Waals surface area contributed by atoms with Gasteiger partial charge in [0.15, 0.2) is 10.9 Å². The fourth-order valence-electron chi connectivity index (χ4n) is 2.88. The van der Waals surface area contributed by atoms with Crippen LogP contribution in [0.25, 0.3) is 0 Å². The summed E-state index contributed by atoms with van der Waals surface area (Å²) in [4.78, 5) is 28.9. The normalized spacial score (nSPS) is 11.5. The van der Waals surface area contributed by atoms with E-state index >= 15 is 0 Å². The highest BCUT2D eigenvalue weighted by Crippen LogP contribution is 2.24. The number of carbonyl (C=O) groups is 2. The van der Waals surface area contributed by atoms with Crippen molar-refractivity contribution in [1.82, 2.24) is 9.29 Å². The van der Waals surface area contributed by atoms with Crippen molar-refractivity contribution < 1.29 is 18.0 Å². The molecule has 3 aromatic rings. The molecule has 1 aromatic heterocycles. The van der Waals surface area contributed by atoms with Crippen molar-refractivity contribution in [3.05, 3.63) is 75.3 Å². The highest BCUT2D eigenvalue weighted by molar-refractivity contribution is 7.89. The van der Waals surface area contributed by atoms with Crippen molar-refractivity contribution in [2.24, 2.45) is 0 Å². The summed E-state index contributed by atoms with van der Waals surface area (Å²) in [6.45, 7) is 2.96. The van der Waals surface area contributed by atoms with Crippen LogP contribution in [0.15, 0.2) is 53.6 Å². The number of Topliss-reactive ketones (excluding diaryl/α,β-unsaturated/α-hetero) is 1. The molecule has 0 fully saturated rings. The molecule has 0 saturated heterocycles. The highest BCUT2D eigenvalue weighted by Gasteiger charge is 2.23. The van der Waals surface area contributed by atoms with Crippen LogP contribution in [0, 0.1) is 6.92 Å². The summed E-state index contributed by atoms with van der Waals surface area (Å²) < 4.78 is 26.3. The van der Waals surface area contributed by atoms with Gasteiger partial charge in [0.05, 0.1) is 11.4 Å². The standard InChI is InChI=1S/C22H22ClN3O4S2/c1-14-4-5-16(11-20(14)23)10-18-12-24-22(31-18)25-21(28)13-26(3)32(29,30)19-8-6-17(7-9-19)15(2)27/h4-9,11-12H,10,13H2,1-3H3,(H,24,25,28). The molecule has 1 heterocycles. The highest BCUT2D eigenvalue weighted by atomic mass is 35.5. The van der Waals surface area contributed by atoms with E-state index in [9.17, 15) is 18.0 Å². The van der Waals surface area contributed by atoms with Gasteiger partial charge < -0.3 is 5.32 Å². The fourth-order valence-corrected chi connectivity index (χ4v) is 5.08. The number of carbonyl (C=O) groups excluding carboxylic acids is 2. The van der Waals surface area contributed by atoms with Gasteiger partial charge in [-0.3, -0.25) is 9.59 Å². The van der Waals surface area contributed by atoms with Crippen LogP contribution >= 0.6 is 22.9 Å². The zero-order chi connectivity index (χ0) is 23.5. The third-order valence-electron chi connectivity index (χ3n) is 4.75. The second kappa shape index (κ2) is 9.91. The molecule has 1 amide bonds.